The van der Waals surface area contributed by atoms with E-state index in [4.69, 9.17) is 4.42 Å². The maximum atomic E-state index is 11.6. The minimum atomic E-state index is -0.247. The normalized spacial score (nSPS) is 21.2. The molecule has 3 unspecified atom stereocenters. The summed E-state index contributed by atoms with van der Waals surface area (Å²) in [5.41, 5.74) is 29.5. The molecule has 3 heterocycles. The number of furan rings is 1. The molecule has 0 aliphatic heterocycles. The number of benzene rings is 9. The number of fused-ring (bicyclic) bond motifs is 19. The maximum absolute atomic E-state index is 11.6. The van der Waals surface area contributed by atoms with E-state index in [1.807, 2.05) is 0 Å². The molecule has 2 bridgehead atoms. The van der Waals surface area contributed by atoms with Gasteiger partial charge in [0.15, 0.2) is 0 Å². The first-order valence-electron chi connectivity index (χ1n) is 25.6. The fraction of sp³-hybridized carbons (Fsp3) is 0.164. The summed E-state index contributed by atoms with van der Waals surface area (Å²) in [4.78, 5) is 0. The molecule has 7 aliphatic rings. The van der Waals surface area contributed by atoms with Gasteiger partial charge in [-0.15, -0.1) is 0 Å². The van der Waals surface area contributed by atoms with E-state index in [1.165, 1.54) is 123 Å². The lowest BCUT2D eigenvalue weighted by atomic mass is 9.43. The van der Waals surface area contributed by atoms with Gasteiger partial charge in [-0.3, -0.25) is 0 Å². The number of aryl methyl sites for hydroxylation is 4. The first-order valence-corrected chi connectivity index (χ1v) is 25.6. The molecule has 0 saturated carbocycles. The van der Waals surface area contributed by atoms with Crippen LogP contribution in [0.15, 0.2) is 144 Å². The van der Waals surface area contributed by atoms with Crippen molar-refractivity contribution in [2.24, 2.45) is 0 Å². The van der Waals surface area contributed by atoms with Crippen molar-refractivity contribution in [1.29, 1.82) is 10.5 Å². The van der Waals surface area contributed by atoms with Crippen LogP contribution in [0.25, 0.3) is 71.2 Å². The van der Waals surface area contributed by atoms with Crippen molar-refractivity contribution in [2.75, 3.05) is 0 Å². The van der Waals surface area contributed by atoms with E-state index in [2.05, 4.69) is 170 Å². The zero-order valence-corrected chi connectivity index (χ0v) is 39.2. The van der Waals surface area contributed by atoms with E-state index in [-0.39, 0.29) is 29.1 Å². The lowest BCUT2D eigenvalue weighted by Gasteiger charge is -2.58. The van der Waals surface area contributed by atoms with Crippen LogP contribution in [-0.4, -0.2) is 4.40 Å². The van der Waals surface area contributed by atoms with Crippen LogP contribution in [0, 0.1) is 36.5 Å². The second-order valence-corrected chi connectivity index (χ2v) is 21.8. The molecule has 3 aromatic heterocycles. The molecule has 7 aliphatic carbocycles. The van der Waals surface area contributed by atoms with E-state index in [9.17, 15) is 10.5 Å². The third-order valence-electron chi connectivity index (χ3n) is 19.0. The van der Waals surface area contributed by atoms with Crippen molar-refractivity contribution in [3.63, 3.8) is 0 Å². The summed E-state index contributed by atoms with van der Waals surface area (Å²) >= 11 is 0. The molecule has 19 rings (SSSR count). The number of rotatable bonds is 1. The van der Waals surface area contributed by atoms with Crippen LogP contribution in [0.5, 0.6) is 0 Å². The van der Waals surface area contributed by atoms with Gasteiger partial charge in [-0.05, 0) is 158 Å². The highest BCUT2D eigenvalue weighted by molar-refractivity contribution is 6.40. The van der Waals surface area contributed by atoms with Crippen LogP contribution in [0.4, 0.5) is 0 Å². The second kappa shape index (κ2) is 12.3. The molecule has 330 valence electrons. The molecule has 12 aromatic rings. The highest BCUT2D eigenvalue weighted by Gasteiger charge is 2.70. The first-order chi connectivity index (χ1) is 35.0. The minimum Gasteiger partial charge on any atom is -0.455 e. The van der Waals surface area contributed by atoms with Gasteiger partial charge >= 0.3 is 0 Å². The van der Waals surface area contributed by atoms with Crippen LogP contribution >= 0.6 is 0 Å². The maximum Gasteiger partial charge on any atom is 0.144 e. The lowest BCUT2D eigenvalue weighted by Crippen LogP contribution is -2.52. The highest BCUT2D eigenvalue weighted by atomic mass is 16.3. The minimum absolute atomic E-state index is 0.0663. The summed E-state index contributed by atoms with van der Waals surface area (Å²) in [5, 5.41) is 30.3. The molecule has 4 heteroatoms. The topological polar surface area (TPSA) is 65.1 Å². The molecule has 0 fully saturated rings. The van der Waals surface area contributed by atoms with E-state index < -0.39 is 0 Å². The van der Waals surface area contributed by atoms with E-state index >= 15 is 0 Å². The third-order valence-corrected chi connectivity index (χ3v) is 19.0. The Kier molecular flexibility index (Phi) is 6.48. The molecule has 0 radical (unpaired) electrons. The van der Waals surface area contributed by atoms with E-state index in [0.717, 1.165) is 73.6 Å². The van der Waals surface area contributed by atoms with Gasteiger partial charge in [-0.25, -0.2) is 0 Å². The molecule has 1 spiro atoms. The highest BCUT2D eigenvalue weighted by Crippen LogP contribution is 2.78. The predicted octanol–water partition coefficient (Wildman–Crippen LogP) is 15.5. The van der Waals surface area contributed by atoms with Gasteiger partial charge < -0.3 is 8.82 Å². The van der Waals surface area contributed by atoms with Crippen molar-refractivity contribution in [3.05, 3.63) is 240 Å². The Morgan fingerprint density at radius 2 is 1.03 bits per heavy atom. The molecule has 9 aromatic carbocycles. The smallest absolute Gasteiger partial charge is 0.144 e. The van der Waals surface area contributed by atoms with Crippen molar-refractivity contribution in [3.8, 4) is 23.3 Å². The zero-order chi connectivity index (χ0) is 46.5. The fourth-order valence-corrected chi connectivity index (χ4v) is 16.8. The summed E-state index contributed by atoms with van der Waals surface area (Å²) in [6.07, 6.45) is 4.50. The standard InChI is InChI=1S/C67H41N3O/c1-32-14-13-15-33(2)50(32)62-61-57-48(28-37(31-69)52-59(57)64-43-23-10-12-25-46(43)67(64)45-24-11-9-22-42(45)63(52)67)70-47-27-36(30-68)51-53-38-18-5-7-20-40(38)54(41-21-8-6-19-39(41)53)58(51)56(47)60(65(61)70)55-44-26-34-16-3-4-17-35(34)29-49(44)71-66(55)62/h5-15,18-29,53-54,63-64H,3-4,16-17H2,1-2H3. The Hall–Kier alpha value is -8.44. The fourth-order valence-electron chi connectivity index (χ4n) is 16.8. The Balaban J connectivity index is 1.13. The van der Waals surface area contributed by atoms with Crippen molar-refractivity contribution in [2.45, 2.75) is 68.6 Å². The Bertz CT molecular complexity index is 4610. The number of hydrogen-bond acceptors (Lipinski definition) is 3. The molecular formula is C67H41N3O. The molecule has 0 saturated heterocycles. The molecular weight excluding hydrogens is 863 g/mol. The average Bonchev–Trinajstić information content (AvgIpc) is 4.10. The van der Waals surface area contributed by atoms with Crippen molar-refractivity contribution >= 4 is 60.0 Å². The van der Waals surface area contributed by atoms with Crippen molar-refractivity contribution in [1.82, 2.24) is 4.40 Å². The van der Waals surface area contributed by atoms with Crippen LogP contribution < -0.4 is 0 Å². The first kappa shape index (κ1) is 37.5. The van der Waals surface area contributed by atoms with Crippen LogP contribution in [0.1, 0.15) is 137 Å². The van der Waals surface area contributed by atoms with Gasteiger partial charge in [0.2, 0.25) is 0 Å². The third kappa shape index (κ3) is 3.90. The Labute approximate surface area is 409 Å². The zero-order valence-electron chi connectivity index (χ0n) is 39.2. The van der Waals surface area contributed by atoms with Crippen LogP contribution in [-0.2, 0) is 18.3 Å². The molecule has 3 atom stereocenters. The lowest BCUT2D eigenvalue weighted by molar-refractivity contribution is 0.333. The quantitative estimate of drug-likeness (QED) is 0.165. The molecule has 0 N–H and O–H groups in total. The summed E-state index contributed by atoms with van der Waals surface area (Å²) in [7, 11) is 0. The number of nitrogens with zero attached hydrogens (tertiary/aromatic N) is 3. The molecule has 0 amide bonds. The number of hydrogen-bond donors (Lipinski definition) is 0. The van der Waals surface area contributed by atoms with Gasteiger partial charge in [0.25, 0.3) is 0 Å². The van der Waals surface area contributed by atoms with Gasteiger partial charge in [0.1, 0.15) is 11.2 Å². The Morgan fingerprint density at radius 1 is 0.507 bits per heavy atom. The van der Waals surface area contributed by atoms with Gasteiger partial charge in [0, 0.05) is 67.0 Å². The summed E-state index contributed by atoms with van der Waals surface area (Å²) in [6.45, 7) is 4.52. The van der Waals surface area contributed by atoms with Crippen molar-refractivity contribution < 1.29 is 4.42 Å². The Morgan fingerprint density at radius 3 is 1.63 bits per heavy atom. The molecule has 71 heavy (non-hydrogen) atoms. The van der Waals surface area contributed by atoms with E-state index in [1.54, 1.807) is 0 Å². The number of aromatic nitrogens is 1. The van der Waals surface area contributed by atoms with Crippen LogP contribution in [0.3, 0.4) is 0 Å². The average molecular weight is 904 g/mol. The number of nitriles is 2. The molecule has 4 nitrogen and oxygen atoms in total. The van der Waals surface area contributed by atoms with Crippen LogP contribution in [0.2, 0.25) is 0 Å². The predicted molar refractivity (Wildman–Crippen MR) is 281 cm³/mol. The largest absolute Gasteiger partial charge is 0.455 e. The SMILES string of the molecule is Cc1cccc(C)c1-c1c2oc3cc4c(cc3c2c2c3c5c(c(C#N)cc3n3c6cc(C#N)c7c(c6c1c23)C1c2ccccc2C12c1ccccc1C72)C1c2ccccc2C5c2ccccc21)CCCC4. The summed E-state index contributed by atoms with van der Waals surface area (Å²) in [5.74, 6) is -0.0169. The van der Waals surface area contributed by atoms with Gasteiger partial charge in [-0.2, -0.15) is 10.5 Å². The summed E-state index contributed by atoms with van der Waals surface area (Å²) < 4.78 is 10.2. The van der Waals surface area contributed by atoms with E-state index in [0.29, 0.717) is 0 Å². The summed E-state index contributed by atoms with van der Waals surface area (Å²) in [6, 6.07) is 57.8. The monoisotopic (exact) mass is 903 g/mol. The van der Waals surface area contributed by atoms with Gasteiger partial charge in [0.05, 0.1) is 39.8 Å². The van der Waals surface area contributed by atoms with Gasteiger partial charge in [-0.1, -0.05) is 115 Å². The second-order valence-electron chi connectivity index (χ2n) is 21.8.